The summed E-state index contributed by atoms with van der Waals surface area (Å²) in [6, 6.07) is 4.43. The van der Waals surface area contributed by atoms with Crippen LogP contribution in [0, 0.1) is 6.92 Å². The van der Waals surface area contributed by atoms with E-state index in [1.165, 1.54) is 0 Å². The second-order valence-electron chi connectivity index (χ2n) is 4.98. The number of hydrogen-bond acceptors (Lipinski definition) is 6. The summed E-state index contributed by atoms with van der Waals surface area (Å²) >= 11 is 0. The molecule has 21 heavy (non-hydrogen) atoms. The summed E-state index contributed by atoms with van der Waals surface area (Å²) in [6.45, 7) is 3.59. The number of hydrogen-bond donors (Lipinski definition) is 1. The molecule has 1 aromatic heterocycles. The van der Waals surface area contributed by atoms with Gasteiger partial charge in [-0.05, 0) is 31.5 Å². The summed E-state index contributed by atoms with van der Waals surface area (Å²) in [6.07, 6.45) is 1.16. The smallest absolute Gasteiger partial charge is 0.241 e. The zero-order valence-corrected chi connectivity index (χ0v) is 13.2. The summed E-state index contributed by atoms with van der Waals surface area (Å²) in [7, 11) is 0.0816. The summed E-state index contributed by atoms with van der Waals surface area (Å²) in [5.41, 5.74) is 1.86. The third-order valence-electron chi connectivity index (χ3n) is 3.07. The van der Waals surface area contributed by atoms with Gasteiger partial charge in [0, 0.05) is 19.8 Å². The fourth-order valence-corrected chi connectivity index (χ4v) is 3.18. The number of nitrogens with one attached hydrogen (secondary N) is 1. The Hall–Kier alpha value is -1.93. The molecule has 0 spiro atoms. The van der Waals surface area contributed by atoms with Gasteiger partial charge in [0.15, 0.2) is 5.82 Å². The van der Waals surface area contributed by atoms with Crippen LogP contribution in [0.3, 0.4) is 0 Å². The third kappa shape index (κ3) is 3.40. The van der Waals surface area contributed by atoms with Crippen molar-refractivity contribution in [2.45, 2.75) is 24.8 Å². The monoisotopic (exact) mass is 310 g/mol. The molecule has 1 unspecified atom stereocenters. The normalized spacial score (nSPS) is 13.1. The highest BCUT2D eigenvalue weighted by Crippen LogP contribution is 2.23. The molecule has 0 amide bonds. The number of aromatic nitrogens is 2. The van der Waals surface area contributed by atoms with Crippen molar-refractivity contribution in [3.63, 3.8) is 0 Å². The Morgan fingerprint density at radius 3 is 2.62 bits per heavy atom. The fraction of sp³-hybridized carbons (Fsp3) is 0.385. The molecule has 2 rings (SSSR count). The van der Waals surface area contributed by atoms with Crippen molar-refractivity contribution in [1.29, 1.82) is 0 Å². The van der Waals surface area contributed by atoms with Crippen molar-refractivity contribution in [2.24, 2.45) is 0 Å². The summed E-state index contributed by atoms with van der Waals surface area (Å²) in [5.74, 6) is 0.290. The van der Waals surface area contributed by atoms with Crippen molar-refractivity contribution in [1.82, 2.24) is 14.9 Å². The first kappa shape index (κ1) is 15.5. The van der Waals surface area contributed by atoms with Crippen LogP contribution in [0.15, 0.2) is 34.0 Å². The number of nitrogens with zero attached hydrogens (tertiary/aromatic N) is 3. The number of sulfonamides is 1. The lowest BCUT2D eigenvalue weighted by atomic mass is 10.2. The van der Waals surface area contributed by atoms with Crippen molar-refractivity contribution in [2.75, 3.05) is 19.0 Å². The first-order chi connectivity index (χ1) is 9.81. The molecule has 0 saturated heterocycles. The lowest BCUT2D eigenvalue weighted by Gasteiger charge is -2.17. The van der Waals surface area contributed by atoms with Crippen molar-refractivity contribution in [3.8, 4) is 0 Å². The maximum Gasteiger partial charge on any atom is 0.241 e. The minimum Gasteiger partial charge on any atom is -0.377 e. The van der Waals surface area contributed by atoms with E-state index in [9.17, 15) is 8.42 Å². The summed E-state index contributed by atoms with van der Waals surface area (Å²) < 4.78 is 32.0. The second kappa shape index (κ2) is 5.82. The first-order valence-corrected chi connectivity index (χ1v) is 7.86. The lowest BCUT2D eigenvalue weighted by molar-refractivity contribution is 0.404. The Labute approximate surface area is 124 Å². The van der Waals surface area contributed by atoms with E-state index in [1.807, 2.05) is 25.9 Å². The van der Waals surface area contributed by atoms with Gasteiger partial charge in [-0.1, -0.05) is 11.2 Å². The molecule has 1 atom stereocenters. The maximum atomic E-state index is 12.4. The molecule has 0 aliphatic heterocycles. The van der Waals surface area contributed by atoms with E-state index in [1.54, 1.807) is 25.1 Å². The van der Waals surface area contributed by atoms with Gasteiger partial charge in [0.05, 0.1) is 10.9 Å². The van der Waals surface area contributed by atoms with Gasteiger partial charge in [-0.15, -0.1) is 0 Å². The Balaban J connectivity index is 2.29. The second-order valence-corrected chi connectivity index (χ2v) is 6.69. The van der Waals surface area contributed by atoms with Gasteiger partial charge >= 0.3 is 0 Å². The highest BCUT2D eigenvalue weighted by Gasteiger charge is 2.21. The largest absolute Gasteiger partial charge is 0.377 e. The highest BCUT2D eigenvalue weighted by molar-refractivity contribution is 7.89. The average molecular weight is 310 g/mol. The van der Waals surface area contributed by atoms with Gasteiger partial charge < -0.3 is 9.42 Å². The molecule has 0 aliphatic carbocycles. The molecule has 0 fully saturated rings. The molecule has 114 valence electrons. The molecule has 0 bridgehead atoms. The lowest BCUT2D eigenvalue weighted by Crippen LogP contribution is -2.27. The van der Waals surface area contributed by atoms with Gasteiger partial charge in [0.1, 0.15) is 0 Å². The molecular weight excluding hydrogens is 292 g/mol. The minimum absolute atomic E-state index is 0.201. The molecule has 1 aromatic carbocycles. The van der Waals surface area contributed by atoms with Crippen molar-refractivity contribution >= 4 is 15.7 Å². The van der Waals surface area contributed by atoms with Crippen molar-refractivity contribution < 1.29 is 12.9 Å². The SMILES string of the molecule is Cc1ccc(S(=O)(=O)NC(C)c2ncon2)cc1N(C)C. The van der Waals surface area contributed by atoms with Crippen LogP contribution >= 0.6 is 0 Å². The predicted octanol–water partition coefficient (Wildman–Crippen LogP) is 1.48. The summed E-state index contributed by atoms with van der Waals surface area (Å²) in [4.78, 5) is 5.91. The molecule has 8 heteroatoms. The zero-order chi connectivity index (χ0) is 15.6. The van der Waals surface area contributed by atoms with E-state index in [-0.39, 0.29) is 4.90 Å². The predicted molar refractivity (Wildman–Crippen MR) is 78.5 cm³/mol. The first-order valence-electron chi connectivity index (χ1n) is 6.38. The molecule has 0 saturated carbocycles. The van der Waals surface area contributed by atoms with E-state index in [4.69, 9.17) is 0 Å². The number of aryl methyl sites for hydroxylation is 1. The van der Waals surface area contributed by atoms with Crippen LogP contribution in [0.1, 0.15) is 24.4 Å². The Bertz CT molecular complexity index is 711. The number of rotatable bonds is 5. The highest BCUT2D eigenvalue weighted by atomic mass is 32.2. The van der Waals surface area contributed by atoms with E-state index in [2.05, 4.69) is 19.4 Å². The van der Waals surface area contributed by atoms with Crippen LogP contribution < -0.4 is 9.62 Å². The topological polar surface area (TPSA) is 88.3 Å². The van der Waals surface area contributed by atoms with Crippen LogP contribution in [-0.2, 0) is 10.0 Å². The van der Waals surface area contributed by atoms with E-state index in [0.717, 1.165) is 17.6 Å². The molecule has 1 N–H and O–H groups in total. The Morgan fingerprint density at radius 1 is 1.33 bits per heavy atom. The average Bonchev–Trinajstić information content (AvgIpc) is 2.92. The van der Waals surface area contributed by atoms with Gasteiger partial charge in [-0.2, -0.15) is 4.98 Å². The van der Waals surface area contributed by atoms with Crippen LogP contribution in [0.25, 0.3) is 0 Å². The molecule has 0 aliphatic rings. The molecule has 1 heterocycles. The standard InChI is InChI=1S/C13H18N4O3S/c1-9-5-6-11(7-12(9)17(3)4)21(18,19)16-10(2)13-14-8-20-15-13/h5-8,10,16H,1-4H3. The molecule has 2 aromatic rings. The number of benzene rings is 1. The van der Waals surface area contributed by atoms with E-state index >= 15 is 0 Å². The van der Waals surface area contributed by atoms with Crippen molar-refractivity contribution in [3.05, 3.63) is 36.0 Å². The maximum absolute atomic E-state index is 12.4. The van der Waals surface area contributed by atoms with Gasteiger partial charge in [0.2, 0.25) is 16.4 Å². The molecule has 0 radical (unpaired) electrons. The number of anilines is 1. The van der Waals surface area contributed by atoms with E-state index < -0.39 is 16.1 Å². The Morgan fingerprint density at radius 2 is 2.05 bits per heavy atom. The van der Waals surface area contributed by atoms with Crippen LogP contribution in [0.5, 0.6) is 0 Å². The molecule has 7 nitrogen and oxygen atoms in total. The Kier molecular flexibility index (Phi) is 4.29. The van der Waals surface area contributed by atoms with Crippen LogP contribution in [0.2, 0.25) is 0 Å². The molecular formula is C13H18N4O3S. The zero-order valence-electron chi connectivity index (χ0n) is 12.4. The van der Waals surface area contributed by atoms with Gasteiger partial charge in [-0.3, -0.25) is 0 Å². The quantitative estimate of drug-likeness (QED) is 0.900. The van der Waals surface area contributed by atoms with Gasteiger partial charge in [-0.25, -0.2) is 13.1 Å². The fourth-order valence-electron chi connectivity index (χ4n) is 1.96. The van der Waals surface area contributed by atoms with Crippen LogP contribution in [-0.4, -0.2) is 32.7 Å². The summed E-state index contributed by atoms with van der Waals surface area (Å²) in [5, 5.41) is 3.63. The van der Waals surface area contributed by atoms with Gasteiger partial charge in [0.25, 0.3) is 0 Å². The van der Waals surface area contributed by atoms with Crippen LogP contribution in [0.4, 0.5) is 5.69 Å². The minimum atomic E-state index is -3.66. The van der Waals surface area contributed by atoms with E-state index in [0.29, 0.717) is 5.82 Å². The third-order valence-corrected chi connectivity index (χ3v) is 4.61.